The molecule has 0 spiro atoms. The van der Waals surface area contributed by atoms with Crippen LogP contribution in [0.15, 0.2) is 91.0 Å². The van der Waals surface area contributed by atoms with Crippen LogP contribution in [0.3, 0.4) is 0 Å². The average molecular weight is 488 g/mol. The Morgan fingerprint density at radius 3 is 2.35 bits per heavy atom. The lowest BCUT2D eigenvalue weighted by molar-refractivity contribution is -0.401. The zero-order valence-electron chi connectivity index (χ0n) is 22.7. The summed E-state index contributed by atoms with van der Waals surface area (Å²) in [6.45, 7) is 8.92. The van der Waals surface area contributed by atoms with E-state index in [1.165, 1.54) is 44.9 Å². The lowest BCUT2D eigenvalue weighted by Gasteiger charge is -2.25. The van der Waals surface area contributed by atoms with Crippen LogP contribution in [0.4, 0.5) is 11.4 Å². The zero-order valence-corrected chi connectivity index (χ0v) is 22.7. The van der Waals surface area contributed by atoms with Gasteiger partial charge in [0.1, 0.15) is 7.05 Å². The maximum absolute atomic E-state index is 2.44. The Balaban J connectivity index is 1.58. The molecule has 188 valence electrons. The fourth-order valence-electron chi connectivity index (χ4n) is 6.12. The lowest BCUT2D eigenvalue weighted by atomic mass is 9.71. The third-order valence-corrected chi connectivity index (χ3v) is 8.07. The van der Waals surface area contributed by atoms with Crippen molar-refractivity contribution < 1.29 is 4.58 Å². The number of hydrogen-bond donors (Lipinski definition) is 0. The molecular weight excluding hydrogens is 448 g/mol. The first-order valence-electron chi connectivity index (χ1n) is 13.7. The maximum atomic E-state index is 2.44. The average Bonchev–Trinajstić information content (AvgIpc) is 3.10. The fourth-order valence-corrected chi connectivity index (χ4v) is 6.12. The molecule has 1 aliphatic heterocycles. The number of benzene rings is 3. The van der Waals surface area contributed by atoms with Crippen LogP contribution in [0.5, 0.6) is 0 Å². The van der Waals surface area contributed by atoms with Crippen LogP contribution in [0.25, 0.3) is 12.2 Å². The first-order chi connectivity index (χ1) is 18.0. The highest BCUT2D eigenvalue weighted by molar-refractivity contribution is 6.06. The Morgan fingerprint density at radius 1 is 0.865 bits per heavy atom. The minimum Gasteiger partial charge on any atom is -0.372 e. The second-order valence-electron chi connectivity index (χ2n) is 10.4. The molecule has 1 aliphatic carbocycles. The highest BCUT2D eigenvalue weighted by atomic mass is 15.1. The number of nitrogens with zero attached hydrogens (tertiary/aromatic N) is 2. The van der Waals surface area contributed by atoms with E-state index in [4.69, 9.17) is 0 Å². The lowest BCUT2D eigenvalue weighted by Crippen LogP contribution is -2.34. The van der Waals surface area contributed by atoms with Gasteiger partial charge in [-0.05, 0) is 80.5 Å². The smallest absolute Gasteiger partial charge is 0.210 e. The number of allylic oxidation sites excluding steroid dienone is 4. The summed E-state index contributed by atoms with van der Waals surface area (Å²) in [4.78, 5) is 2.39. The van der Waals surface area contributed by atoms with E-state index < -0.39 is 0 Å². The van der Waals surface area contributed by atoms with Crippen LogP contribution < -0.4 is 4.90 Å². The van der Waals surface area contributed by atoms with Crippen molar-refractivity contribution in [1.29, 1.82) is 0 Å². The third kappa shape index (κ3) is 4.85. The van der Waals surface area contributed by atoms with Gasteiger partial charge in [0.15, 0.2) is 5.71 Å². The molecule has 0 bridgehead atoms. The molecule has 0 saturated heterocycles. The Bertz CT molecular complexity index is 1370. The summed E-state index contributed by atoms with van der Waals surface area (Å²) in [5.74, 6) is 0. The Kier molecular flexibility index (Phi) is 7.28. The maximum Gasteiger partial charge on any atom is 0.210 e. The normalized spacial score (nSPS) is 20.3. The van der Waals surface area contributed by atoms with Crippen LogP contribution in [0.2, 0.25) is 0 Å². The summed E-state index contributed by atoms with van der Waals surface area (Å²) >= 11 is 0. The summed E-state index contributed by atoms with van der Waals surface area (Å²) in [5, 5.41) is 0. The first kappa shape index (κ1) is 25.0. The SMILES string of the molecule is CCN(CC)c1ccc(/C=C/C2=[N+](C)c3ccc4c(c3C2(C)Cc2ccccc2)/C=C\C/C=C\C4)cc1. The predicted octanol–water partition coefficient (Wildman–Crippen LogP) is 7.99. The molecule has 0 N–H and O–H groups in total. The van der Waals surface area contributed by atoms with Gasteiger partial charge in [-0.3, -0.25) is 0 Å². The van der Waals surface area contributed by atoms with E-state index >= 15 is 0 Å². The van der Waals surface area contributed by atoms with E-state index in [0.717, 1.165) is 32.4 Å². The van der Waals surface area contributed by atoms with Crippen LogP contribution in [-0.4, -0.2) is 30.4 Å². The molecule has 3 aromatic rings. The molecule has 2 aliphatic rings. The highest BCUT2D eigenvalue weighted by Gasteiger charge is 2.48. The quantitative estimate of drug-likeness (QED) is 0.242. The van der Waals surface area contributed by atoms with Crippen molar-refractivity contribution in [3.8, 4) is 0 Å². The fraction of sp³-hybridized carbons (Fsp3) is 0.286. The Morgan fingerprint density at radius 2 is 1.62 bits per heavy atom. The van der Waals surface area contributed by atoms with E-state index in [0.29, 0.717) is 0 Å². The number of fused-ring (bicyclic) bond motifs is 3. The highest BCUT2D eigenvalue weighted by Crippen LogP contribution is 2.46. The van der Waals surface area contributed by atoms with Crippen molar-refractivity contribution in [2.75, 3.05) is 25.0 Å². The van der Waals surface area contributed by atoms with Gasteiger partial charge in [0.05, 0.1) is 5.41 Å². The van der Waals surface area contributed by atoms with Gasteiger partial charge in [0.2, 0.25) is 5.69 Å². The minimum atomic E-state index is -0.137. The van der Waals surface area contributed by atoms with Crippen molar-refractivity contribution >= 4 is 29.2 Å². The van der Waals surface area contributed by atoms with Gasteiger partial charge in [-0.2, -0.15) is 4.58 Å². The molecular formula is C35H39N2+. The van der Waals surface area contributed by atoms with Crippen molar-refractivity contribution in [2.45, 2.75) is 45.4 Å². The summed E-state index contributed by atoms with van der Waals surface area (Å²) in [6, 6.07) is 24.6. The molecule has 2 heteroatoms. The first-order valence-corrected chi connectivity index (χ1v) is 13.7. The number of rotatable bonds is 7. The number of hydrogen-bond acceptors (Lipinski definition) is 1. The Labute approximate surface area is 223 Å². The topological polar surface area (TPSA) is 6.25 Å². The molecule has 0 amide bonds. The standard InChI is InChI=1S/C35H39N2/c1-5-37(6-2)30-22-18-27(19-23-30)20-25-33-35(3,26-28-14-10-9-11-15-28)34-31-17-13-8-7-12-16-29(31)21-24-32(34)36(33)4/h7,9-15,17-25H,5-6,8,16,26H2,1-4H3/q+1/b12-7-,17-13-. The van der Waals surface area contributed by atoms with Gasteiger partial charge in [0.25, 0.3) is 0 Å². The van der Waals surface area contributed by atoms with E-state index in [9.17, 15) is 0 Å². The second-order valence-corrected chi connectivity index (χ2v) is 10.4. The third-order valence-electron chi connectivity index (χ3n) is 8.07. The van der Waals surface area contributed by atoms with Crippen molar-refractivity contribution in [2.24, 2.45) is 0 Å². The summed E-state index contributed by atoms with van der Waals surface area (Å²) in [6.07, 6.45) is 16.9. The monoisotopic (exact) mass is 487 g/mol. The van der Waals surface area contributed by atoms with Gasteiger partial charge >= 0.3 is 0 Å². The van der Waals surface area contributed by atoms with E-state index in [-0.39, 0.29) is 5.41 Å². The molecule has 5 rings (SSSR count). The molecule has 0 radical (unpaired) electrons. The summed E-state index contributed by atoms with van der Waals surface area (Å²) < 4.78 is 2.42. The van der Waals surface area contributed by atoms with E-state index in [2.05, 4.69) is 140 Å². The van der Waals surface area contributed by atoms with E-state index in [1.54, 1.807) is 0 Å². The predicted molar refractivity (Wildman–Crippen MR) is 160 cm³/mol. The molecule has 3 aromatic carbocycles. The largest absolute Gasteiger partial charge is 0.372 e. The minimum absolute atomic E-state index is 0.137. The molecule has 0 aromatic heterocycles. The van der Waals surface area contributed by atoms with Crippen LogP contribution in [-0.2, 0) is 18.3 Å². The molecule has 2 nitrogen and oxygen atoms in total. The van der Waals surface area contributed by atoms with Crippen LogP contribution in [0.1, 0.15) is 55.0 Å². The van der Waals surface area contributed by atoms with Gasteiger partial charge in [0, 0.05) is 36.5 Å². The van der Waals surface area contributed by atoms with Gasteiger partial charge in [-0.15, -0.1) is 0 Å². The summed E-state index contributed by atoms with van der Waals surface area (Å²) in [5.41, 5.74) is 10.7. The zero-order chi connectivity index (χ0) is 25.8. The van der Waals surface area contributed by atoms with Crippen LogP contribution in [0, 0.1) is 0 Å². The van der Waals surface area contributed by atoms with Gasteiger partial charge in [-0.1, -0.05) is 72.8 Å². The molecule has 1 atom stereocenters. The Hall–Kier alpha value is -3.65. The molecule has 0 fully saturated rings. The molecule has 37 heavy (non-hydrogen) atoms. The molecule has 0 saturated carbocycles. The number of anilines is 1. The van der Waals surface area contributed by atoms with Crippen molar-refractivity contribution in [3.63, 3.8) is 0 Å². The van der Waals surface area contributed by atoms with Crippen LogP contribution >= 0.6 is 0 Å². The molecule has 1 unspecified atom stereocenters. The van der Waals surface area contributed by atoms with Gasteiger partial charge < -0.3 is 4.90 Å². The summed E-state index contributed by atoms with van der Waals surface area (Å²) in [7, 11) is 2.23. The van der Waals surface area contributed by atoms with Crippen molar-refractivity contribution in [3.05, 3.63) is 119 Å². The van der Waals surface area contributed by atoms with Crippen molar-refractivity contribution in [1.82, 2.24) is 0 Å². The molecule has 1 heterocycles. The van der Waals surface area contributed by atoms with Gasteiger partial charge in [-0.25, -0.2) is 0 Å². The second kappa shape index (κ2) is 10.8. The van der Waals surface area contributed by atoms with E-state index in [1.807, 2.05) is 0 Å².